The highest BCUT2D eigenvalue weighted by molar-refractivity contribution is 5.72. The molecule has 4 nitrogen and oxygen atoms in total. The lowest BCUT2D eigenvalue weighted by Crippen LogP contribution is -2.32. The number of rotatable bonds is 6. The molecule has 0 saturated heterocycles. The summed E-state index contributed by atoms with van der Waals surface area (Å²) >= 11 is 0. The maximum Gasteiger partial charge on any atom is 0.309 e. The van der Waals surface area contributed by atoms with Gasteiger partial charge in [-0.05, 0) is 52.9 Å². The van der Waals surface area contributed by atoms with Gasteiger partial charge in [0.2, 0.25) is 0 Å². The predicted molar refractivity (Wildman–Crippen MR) is 74.0 cm³/mol. The average molecular weight is 272 g/mol. The maximum absolute atomic E-state index is 11.9. The van der Waals surface area contributed by atoms with Crippen LogP contribution in [0.25, 0.3) is 0 Å². The summed E-state index contributed by atoms with van der Waals surface area (Å²) in [7, 11) is 1.70. The van der Waals surface area contributed by atoms with Crippen molar-refractivity contribution in [2.24, 2.45) is 5.92 Å². The average Bonchev–Trinajstić information content (AvgIpc) is 2.33. The fourth-order valence-corrected chi connectivity index (χ4v) is 2.30. The largest absolute Gasteiger partial charge is 0.460 e. The van der Waals surface area contributed by atoms with Crippen molar-refractivity contribution in [3.05, 3.63) is 0 Å². The van der Waals surface area contributed by atoms with E-state index in [1.165, 1.54) is 0 Å². The van der Waals surface area contributed by atoms with E-state index in [-0.39, 0.29) is 17.5 Å². The third-order valence-electron chi connectivity index (χ3n) is 3.26. The lowest BCUT2D eigenvalue weighted by atomic mass is 9.87. The molecule has 0 bridgehead atoms. The Bertz CT molecular complexity index is 262. The highest BCUT2D eigenvalue weighted by Crippen LogP contribution is 2.28. The van der Waals surface area contributed by atoms with Crippen molar-refractivity contribution in [3.63, 3.8) is 0 Å². The summed E-state index contributed by atoms with van der Waals surface area (Å²) in [6.45, 7) is 7.23. The second kappa shape index (κ2) is 7.85. The fraction of sp³-hybridized carbons (Fsp3) is 0.933. The summed E-state index contributed by atoms with van der Waals surface area (Å²) in [6.07, 6.45) is 4.90. The van der Waals surface area contributed by atoms with Crippen molar-refractivity contribution in [1.82, 2.24) is 0 Å². The summed E-state index contributed by atoms with van der Waals surface area (Å²) in [5.74, 6) is 0.00313. The Morgan fingerprint density at radius 1 is 1.11 bits per heavy atom. The molecule has 1 aliphatic carbocycles. The molecule has 0 aromatic carbocycles. The summed E-state index contributed by atoms with van der Waals surface area (Å²) in [5.41, 5.74) is -0.384. The van der Waals surface area contributed by atoms with E-state index in [4.69, 9.17) is 14.2 Å². The number of methoxy groups -OCH3 is 1. The van der Waals surface area contributed by atoms with Crippen molar-refractivity contribution in [1.29, 1.82) is 0 Å². The number of esters is 1. The SMILES string of the molecule is COCCCOC1CCC(C(=O)OC(C)(C)C)CC1. The normalized spacial score (nSPS) is 24.2. The van der Waals surface area contributed by atoms with Gasteiger partial charge in [0.1, 0.15) is 5.60 Å². The first-order valence-corrected chi connectivity index (χ1v) is 7.26. The lowest BCUT2D eigenvalue weighted by Gasteiger charge is -2.29. The zero-order chi connectivity index (χ0) is 14.3. The van der Waals surface area contributed by atoms with E-state index in [1.54, 1.807) is 7.11 Å². The van der Waals surface area contributed by atoms with E-state index in [0.29, 0.717) is 6.10 Å². The molecular weight excluding hydrogens is 244 g/mol. The summed E-state index contributed by atoms with van der Waals surface area (Å²) < 4.78 is 16.2. The van der Waals surface area contributed by atoms with Gasteiger partial charge >= 0.3 is 5.97 Å². The van der Waals surface area contributed by atoms with Gasteiger partial charge in [-0.3, -0.25) is 4.79 Å². The molecular formula is C15H28O4. The third kappa shape index (κ3) is 6.92. The van der Waals surface area contributed by atoms with Gasteiger partial charge in [0, 0.05) is 20.3 Å². The van der Waals surface area contributed by atoms with Gasteiger partial charge < -0.3 is 14.2 Å². The number of ether oxygens (including phenoxy) is 3. The Hall–Kier alpha value is -0.610. The molecule has 1 rings (SSSR count). The minimum absolute atomic E-state index is 0.0506. The molecule has 0 heterocycles. The molecule has 0 amide bonds. The lowest BCUT2D eigenvalue weighted by molar-refractivity contribution is -0.162. The van der Waals surface area contributed by atoms with Crippen LogP contribution in [-0.4, -0.2) is 38.0 Å². The zero-order valence-corrected chi connectivity index (χ0v) is 12.7. The van der Waals surface area contributed by atoms with Crippen LogP contribution in [-0.2, 0) is 19.0 Å². The first kappa shape index (κ1) is 16.4. The Kier molecular flexibility index (Phi) is 6.80. The summed E-state index contributed by atoms with van der Waals surface area (Å²) in [6, 6.07) is 0. The van der Waals surface area contributed by atoms with Gasteiger partial charge in [0.05, 0.1) is 12.0 Å². The predicted octanol–water partition coefficient (Wildman–Crippen LogP) is 2.94. The van der Waals surface area contributed by atoms with Crippen LogP contribution in [0.4, 0.5) is 0 Å². The van der Waals surface area contributed by atoms with Crippen LogP contribution in [0.1, 0.15) is 52.9 Å². The summed E-state index contributed by atoms with van der Waals surface area (Å²) in [5, 5.41) is 0. The second-order valence-electron chi connectivity index (χ2n) is 6.22. The molecule has 0 atom stereocenters. The molecule has 0 spiro atoms. The van der Waals surface area contributed by atoms with E-state index >= 15 is 0 Å². The van der Waals surface area contributed by atoms with Crippen molar-refractivity contribution < 1.29 is 19.0 Å². The van der Waals surface area contributed by atoms with Gasteiger partial charge in [-0.25, -0.2) is 0 Å². The van der Waals surface area contributed by atoms with E-state index in [1.807, 2.05) is 20.8 Å². The van der Waals surface area contributed by atoms with Crippen molar-refractivity contribution in [3.8, 4) is 0 Å². The first-order chi connectivity index (χ1) is 8.92. The van der Waals surface area contributed by atoms with Crippen LogP contribution in [0.3, 0.4) is 0 Å². The molecule has 112 valence electrons. The monoisotopic (exact) mass is 272 g/mol. The van der Waals surface area contributed by atoms with Crippen LogP contribution < -0.4 is 0 Å². The molecule has 0 aliphatic heterocycles. The van der Waals surface area contributed by atoms with E-state index in [9.17, 15) is 4.79 Å². The molecule has 1 saturated carbocycles. The van der Waals surface area contributed by atoms with E-state index in [0.717, 1.165) is 45.3 Å². The Morgan fingerprint density at radius 3 is 2.26 bits per heavy atom. The highest BCUT2D eigenvalue weighted by atomic mass is 16.6. The molecule has 0 N–H and O–H groups in total. The molecule has 0 unspecified atom stereocenters. The Morgan fingerprint density at radius 2 is 1.74 bits per heavy atom. The van der Waals surface area contributed by atoms with Gasteiger partial charge in [-0.1, -0.05) is 0 Å². The van der Waals surface area contributed by atoms with Gasteiger partial charge in [-0.2, -0.15) is 0 Å². The Labute approximate surface area is 116 Å². The van der Waals surface area contributed by atoms with Crippen LogP contribution >= 0.6 is 0 Å². The standard InChI is InChI=1S/C15H28O4/c1-15(2,3)19-14(16)12-6-8-13(9-7-12)18-11-5-10-17-4/h12-13H,5-11H2,1-4H3. The van der Waals surface area contributed by atoms with Gasteiger partial charge in [0.15, 0.2) is 0 Å². The fourth-order valence-electron chi connectivity index (χ4n) is 2.30. The van der Waals surface area contributed by atoms with Crippen LogP contribution in [0.5, 0.6) is 0 Å². The minimum Gasteiger partial charge on any atom is -0.460 e. The van der Waals surface area contributed by atoms with Crippen molar-refractivity contribution >= 4 is 5.97 Å². The number of carbonyl (C=O) groups excluding carboxylic acids is 1. The quantitative estimate of drug-likeness (QED) is 0.551. The van der Waals surface area contributed by atoms with E-state index in [2.05, 4.69) is 0 Å². The number of hydrogen-bond donors (Lipinski definition) is 0. The molecule has 0 aromatic heterocycles. The number of hydrogen-bond acceptors (Lipinski definition) is 4. The molecule has 0 radical (unpaired) electrons. The van der Waals surface area contributed by atoms with Crippen molar-refractivity contribution in [2.75, 3.05) is 20.3 Å². The second-order valence-corrected chi connectivity index (χ2v) is 6.22. The molecule has 1 aliphatic rings. The number of carbonyl (C=O) groups is 1. The minimum atomic E-state index is -0.384. The van der Waals surface area contributed by atoms with Gasteiger partial charge in [-0.15, -0.1) is 0 Å². The highest BCUT2D eigenvalue weighted by Gasteiger charge is 2.30. The molecule has 1 fully saturated rings. The van der Waals surface area contributed by atoms with Crippen molar-refractivity contribution in [2.45, 2.75) is 64.6 Å². The zero-order valence-electron chi connectivity index (χ0n) is 12.7. The Balaban J connectivity index is 2.19. The molecule has 4 heteroatoms. The van der Waals surface area contributed by atoms with Gasteiger partial charge in [0.25, 0.3) is 0 Å². The smallest absolute Gasteiger partial charge is 0.309 e. The molecule has 19 heavy (non-hydrogen) atoms. The van der Waals surface area contributed by atoms with Crippen LogP contribution in [0.15, 0.2) is 0 Å². The van der Waals surface area contributed by atoms with Crippen LogP contribution in [0, 0.1) is 5.92 Å². The maximum atomic E-state index is 11.9. The molecule has 0 aromatic rings. The first-order valence-electron chi connectivity index (χ1n) is 7.26. The summed E-state index contributed by atoms with van der Waals surface area (Å²) in [4.78, 5) is 11.9. The third-order valence-corrected chi connectivity index (χ3v) is 3.26. The topological polar surface area (TPSA) is 44.8 Å². The van der Waals surface area contributed by atoms with E-state index < -0.39 is 0 Å². The van der Waals surface area contributed by atoms with Crippen LogP contribution in [0.2, 0.25) is 0 Å².